The first-order valence-corrected chi connectivity index (χ1v) is 10.4. The maximum Gasteiger partial charge on any atom is 0.328 e. The monoisotopic (exact) mass is 482 g/mol. The van der Waals surface area contributed by atoms with Gasteiger partial charge in [-0.2, -0.15) is 0 Å². The van der Waals surface area contributed by atoms with Crippen molar-refractivity contribution in [3.63, 3.8) is 0 Å². The number of esters is 1. The van der Waals surface area contributed by atoms with E-state index < -0.39 is 35.9 Å². The first-order valence-electron chi connectivity index (χ1n) is 9.63. The van der Waals surface area contributed by atoms with Crippen molar-refractivity contribution in [2.75, 3.05) is 7.11 Å². The highest BCUT2D eigenvalue weighted by Gasteiger charge is 2.28. The Morgan fingerprint density at radius 3 is 2.59 bits per heavy atom. The van der Waals surface area contributed by atoms with Crippen molar-refractivity contribution in [1.29, 1.82) is 0 Å². The summed E-state index contributed by atoms with van der Waals surface area (Å²) in [5.74, 6) is -1.43. The van der Waals surface area contributed by atoms with Crippen molar-refractivity contribution >= 4 is 35.1 Å². The first kappa shape index (κ1) is 25.3. The molecule has 10 heteroatoms. The second kappa shape index (κ2) is 11.6. The molecule has 1 aromatic heterocycles. The number of pyridine rings is 1. The van der Waals surface area contributed by atoms with Crippen LogP contribution >= 0.6 is 23.2 Å². The molecule has 2 rings (SSSR count). The molecule has 0 radical (unpaired) electrons. The number of ether oxygens (including phenoxy) is 3. The van der Waals surface area contributed by atoms with Crippen molar-refractivity contribution in [3.8, 4) is 17.2 Å². The van der Waals surface area contributed by atoms with Crippen LogP contribution in [0.5, 0.6) is 17.2 Å². The first-order chi connectivity index (χ1) is 15.2. The lowest BCUT2D eigenvalue weighted by molar-refractivity contribution is -0.155. The van der Waals surface area contributed by atoms with Gasteiger partial charge < -0.3 is 24.6 Å². The van der Waals surface area contributed by atoms with Crippen LogP contribution in [0.3, 0.4) is 0 Å². The molecule has 2 N–H and O–H groups in total. The molecule has 0 unspecified atom stereocenters. The lowest BCUT2D eigenvalue weighted by Crippen LogP contribution is -2.43. The number of aromatic hydroxyl groups is 1. The number of carbonyl (C=O) groups excluding carboxylic acids is 2. The van der Waals surface area contributed by atoms with Gasteiger partial charge in [0.05, 0.1) is 12.1 Å². The maximum atomic E-state index is 12.6. The van der Waals surface area contributed by atoms with E-state index in [9.17, 15) is 14.7 Å². The summed E-state index contributed by atoms with van der Waals surface area (Å²) in [5.41, 5.74) is -0.277. The molecule has 0 aliphatic rings. The molecule has 0 aliphatic carbocycles. The third-order valence-electron chi connectivity index (χ3n) is 4.42. The van der Waals surface area contributed by atoms with E-state index in [0.29, 0.717) is 22.2 Å². The minimum absolute atomic E-state index is 0.0817. The van der Waals surface area contributed by atoms with Gasteiger partial charge in [-0.05, 0) is 32.0 Å². The van der Waals surface area contributed by atoms with Crippen LogP contribution in [0, 0.1) is 0 Å². The highest BCUT2D eigenvalue weighted by atomic mass is 35.5. The fourth-order valence-corrected chi connectivity index (χ4v) is 3.14. The summed E-state index contributed by atoms with van der Waals surface area (Å²) < 4.78 is 16.3. The van der Waals surface area contributed by atoms with E-state index in [2.05, 4.69) is 16.9 Å². The van der Waals surface area contributed by atoms with Gasteiger partial charge in [0.15, 0.2) is 17.2 Å². The Hall–Kier alpha value is -2.97. The fraction of sp³-hybridized carbons (Fsp3) is 0.318. The number of amides is 1. The number of halogens is 2. The lowest BCUT2D eigenvalue weighted by Gasteiger charge is -2.26. The van der Waals surface area contributed by atoms with Gasteiger partial charge >= 0.3 is 5.97 Å². The van der Waals surface area contributed by atoms with Crippen LogP contribution in [0.1, 0.15) is 30.8 Å². The van der Waals surface area contributed by atoms with Gasteiger partial charge in [-0.25, -0.2) is 9.78 Å². The molecule has 0 fully saturated rings. The third-order valence-corrected chi connectivity index (χ3v) is 4.95. The smallest absolute Gasteiger partial charge is 0.328 e. The fourth-order valence-electron chi connectivity index (χ4n) is 2.69. The van der Waals surface area contributed by atoms with Crippen LogP contribution in [0.25, 0.3) is 0 Å². The van der Waals surface area contributed by atoms with Gasteiger partial charge in [-0.3, -0.25) is 4.79 Å². The Balaban J connectivity index is 2.04. The zero-order valence-electron chi connectivity index (χ0n) is 17.8. The summed E-state index contributed by atoms with van der Waals surface area (Å²) >= 11 is 12.0. The van der Waals surface area contributed by atoms with Gasteiger partial charge in [-0.1, -0.05) is 29.3 Å². The Labute approximate surface area is 196 Å². The number of aromatic nitrogens is 1. The van der Waals surface area contributed by atoms with E-state index in [-0.39, 0.29) is 11.4 Å². The number of nitrogens with zero attached hydrogens (tertiary/aromatic N) is 1. The predicted octanol–water partition coefficient (Wildman–Crippen LogP) is 4.18. The quantitative estimate of drug-likeness (QED) is 0.386. The number of benzene rings is 1. The number of rotatable bonds is 10. The van der Waals surface area contributed by atoms with Gasteiger partial charge in [0, 0.05) is 23.7 Å². The van der Waals surface area contributed by atoms with Crippen LogP contribution < -0.4 is 14.8 Å². The van der Waals surface area contributed by atoms with Crippen molar-refractivity contribution in [1.82, 2.24) is 10.3 Å². The largest absolute Gasteiger partial charge is 0.503 e. The molecular weight excluding hydrogens is 459 g/mol. The molecule has 0 aliphatic heterocycles. The molecule has 0 saturated heterocycles. The van der Waals surface area contributed by atoms with E-state index in [4.69, 9.17) is 37.4 Å². The molecule has 1 amide bonds. The molecule has 0 bridgehead atoms. The van der Waals surface area contributed by atoms with Gasteiger partial charge in [0.25, 0.3) is 5.91 Å². The predicted molar refractivity (Wildman–Crippen MR) is 121 cm³/mol. The summed E-state index contributed by atoms with van der Waals surface area (Å²) in [6.07, 6.45) is 1.91. The molecule has 0 spiro atoms. The third kappa shape index (κ3) is 6.51. The topological polar surface area (TPSA) is 107 Å². The van der Waals surface area contributed by atoms with Crippen LogP contribution in [0.2, 0.25) is 10.0 Å². The van der Waals surface area contributed by atoms with Crippen LogP contribution in [-0.4, -0.2) is 47.3 Å². The minimum atomic E-state index is -1.03. The van der Waals surface area contributed by atoms with Gasteiger partial charge in [-0.15, -0.1) is 6.58 Å². The SMILES string of the molecule is C=CC[C@@H](OC(=O)[C@H](C)NC(=O)c1nccc(OC)c1O)[C@H](C)Oc1ccc(Cl)cc1Cl. The Kier molecular flexibility index (Phi) is 9.16. The Morgan fingerprint density at radius 1 is 1.25 bits per heavy atom. The van der Waals surface area contributed by atoms with Gasteiger partial charge in [0.1, 0.15) is 24.0 Å². The van der Waals surface area contributed by atoms with Crippen molar-refractivity contribution < 1.29 is 28.9 Å². The molecular formula is C22H24Cl2N2O6. The highest BCUT2D eigenvalue weighted by molar-refractivity contribution is 6.35. The van der Waals surface area contributed by atoms with Crippen LogP contribution in [0.4, 0.5) is 0 Å². The molecule has 3 atom stereocenters. The second-order valence-corrected chi connectivity index (χ2v) is 7.65. The normalized spacial score (nSPS) is 13.4. The summed E-state index contributed by atoms with van der Waals surface area (Å²) in [5, 5.41) is 13.3. The summed E-state index contributed by atoms with van der Waals surface area (Å²) in [7, 11) is 1.34. The summed E-state index contributed by atoms with van der Waals surface area (Å²) in [6.45, 7) is 6.84. The van der Waals surface area contributed by atoms with E-state index in [0.717, 1.165) is 0 Å². The average molecular weight is 483 g/mol. The van der Waals surface area contributed by atoms with Crippen LogP contribution in [-0.2, 0) is 9.53 Å². The number of carbonyl (C=O) groups is 2. The molecule has 1 heterocycles. The minimum Gasteiger partial charge on any atom is -0.503 e. The summed E-state index contributed by atoms with van der Waals surface area (Å²) in [6, 6.07) is 5.15. The zero-order valence-corrected chi connectivity index (χ0v) is 19.3. The van der Waals surface area contributed by atoms with Gasteiger partial charge in [0.2, 0.25) is 0 Å². The second-order valence-electron chi connectivity index (χ2n) is 6.80. The molecule has 8 nitrogen and oxygen atoms in total. The lowest BCUT2D eigenvalue weighted by atomic mass is 10.1. The Morgan fingerprint density at radius 2 is 1.97 bits per heavy atom. The number of nitrogens with one attached hydrogen (secondary N) is 1. The van der Waals surface area contributed by atoms with E-state index >= 15 is 0 Å². The van der Waals surface area contributed by atoms with Crippen molar-refractivity contribution in [2.45, 2.75) is 38.5 Å². The van der Waals surface area contributed by atoms with Crippen molar-refractivity contribution in [2.24, 2.45) is 0 Å². The van der Waals surface area contributed by atoms with E-state index in [1.165, 1.54) is 26.3 Å². The van der Waals surface area contributed by atoms with E-state index in [1.807, 2.05) is 0 Å². The Bertz CT molecular complexity index is 985. The molecule has 0 saturated carbocycles. The number of hydrogen-bond acceptors (Lipinski definition) is 7. The molecule has 1 aromatic carbocycles. The summed E-state index contributed by atoms with van der Waals surface area (Å²) in [4.78, 5) is 28.9. The maximum absolute atomic E-state index is 12.6. The molecule has 2 aromatic rings. The highest BCUT2D eigenvalue weighted by Crippen LogP contribution is 2.29. The van der Waals surface area contributed by atoms with Crippen molar-refractivity contribution in [3.05, 3.63) is 58.9 Å². The number of hydrogen-bond donors (Lipinski definition) is 2. The van der Waals surface area contributed by atoms with E-state index in [1.54, 1.807) is 31.2 Å². The zero-order chi connectivity index (χ0) is 23.8. The average Bonchev–Trinajstić information content (AvgIpc) is 2.75. The molecule has 32 heavy (non-hydrogen) atoms. The van der Waals surface area contributed by atoms with Crippen LogP contribution in [0.15, 0.2) is 43.1 Å². The standard InChI is InChI=1S/C22H24Cl2N2O6/c1-5-6-16(13(3)31-17-8-7-14(23)11-15(17)24)32-22(29)12(2)26-21(28)19-20(27)18(30-4)9-10-25-19/h5,7-13,16,27H,1,6H2,2-4H3,(H,26,28)/t12-,13-,16+/m0/s1. The number of methoxy groups -OCH3 is 1. The molecule has 172 valence electrons.